The van der Waals surface area contributed by atoms with Crippen LogP contribution in [0.15, 0.2) is 23.3 Å². The van der Waals surface area contributed by atoms with Crippen molar-refractivity contribution < 1.29 is 93.2 Å². The van der Waals surface area contributed by atoms with Crippen LogP contribution >= 0.6 is 0 Å². The second-order valence-corrected chi connectivity index (χ2v) is 22.9. The summed E-state index contributed by atoms with van der Waals surface area (Å²) in [5.74, 6) is -4.09. The van der Waals surface area contributed by atoms with E-state index in [1.807, 2.05) is 20.8 Å². The Bertz CT molecular complexity index is 2040. The molecular formula is C50H76O19. The third-order valence-corrected chi connectivity index (χ3v) is 18.8. The maximum absolute atomic E-state index is 13.8. The van der Waals surface area contributed by atoms with Crippen molar-refractivity contribution in [3.63, 3.8) is 0 Å². The molecule has 0 aromatic rings. The predicted octanol–water partition coefficient (Wildman–Crippen LogP) is 2.06. The molecule has 69 heavy (non-hydrogen) atoms. The number of rotatable bonds is 11. The molecule has 0 spiro atoms. The van der Waals surface area contributed by atoms with Crippen molar-refractivity contribution in [1.29, 1.82) is 0 Å². The number of hydrogen-bond donors (Lipinski definition) is 8. The topological polar surface area (TPSA) is 295 Å². The Labute approximate surface area is 403 Å². The van der Waals surface area contributed by atoms with Crippen LogP contribution in [0.4, 0.5) is 0 Å². The van der Waals surface area contributed by atoms with E-state index in [-0.39, 0.29) is 24.9 Å². The summed E-state index contributed by atoms with van der Waals surface area (Å²) in [6.45, 7) is 17.1. The van der Waals surface area contributed by atoms with Crippen molar-refractivity contribution >= 4 is 23.9 Å². The molecule has 0 aromatic carbocycles. The first-order valence-corrected chi connectivity index (χ1v) is 24.4. The van der Waals surface area contributed by atoms with Crippen LogP contribution in [0.1, 0.15) is 114 Å². The maximum atomic E-state index is 13.8. The van der Waals surface area contributed by atoms with Gasteiger partial charge in [0, 0.05) is 30.3 Å². The molecule has 2 saturated heterocycles. The van der Waals surface area contributed by atoms with E-state index in [9.17, 15) is 60.0 Å². The van der Waals surface area contributed by atoms with Gasteiger partial charge in [-0.3, -0.25) is 9.59 Å². The Kier molecular flexibility index (Phi) is 14.8. The summed E-state index contributed by atoms with van der Waals surface area (Å²) in [5, 5.41) is 86.9. The SMILES string of the molecule is CC=C(C)C(=O)OC1C(OC(C)=O)C(C)(C)CC2C3=CCC4C5(C)CCC(OC6OC(C(=O)O)C(O)C(OC7OCC(O)C(O)C7O)C6O)C(C)(CO)C5CCC4(C)C3(C)CC(OC(C)=O)C21CO. The number of carboxylic acids is 1. The third kappa shape index (κ3) is 8.50. The van der Waals surface area contributed by atoms with Crippen LogP contribution in [-0.4, -0.2) is 164 Å². The van der Waals surface area contributed by atoms with Gasteiger partial charge in [-0.2, -0.15) is 0 Å². The first-order valence-electron chi connectivity index (χ1n) is 24.4. The minimum absolute atomic E-state index is 0.0167. The van der Waals surface area contributed by atoms with Gasteiger partial charge in [-0.25, -0.2) is 9.59 Å². The Balaban J connectivity index is 1.23. The lowest BCUT2D eigenvalue weighted by Crippen LogP contribution is -2.73. The van der Waals surface area contributed by atoms with E-state index in [4.69, 9.17) is 33.2 Å². The first kappa shape index (κ1) is 53.7. The van der Waals surface area contributed by atoms with Crippen molar-refractivity contribution in [2.45, 2.75) is 194 Å². The molecule has 21 atom stereocenters. The fourth-order valence-electron chi connectivity index (χ4n) is 14.8. The monoisotopic (exact) mass is 980 g/mol. The molecule has 0 bridgehead atoms. The van der Waals surface area contributed by atoms with Crippen LogP contribution < -0.4 is 0 Å². The van der Waals surface area contributed by atoms with Gasteiger partial charge in [0.2, 0.25) is 0 Å². The number of hydrogen-bond acceptors (Lipinski definition) is 18. The number of aliphatic carboxylic acids is 1. The summed E-state index contributed by atoms with van der Waals surface area (Å²) in [4.78, 5) is 52.2. The highest BCUT2D eigenvalue weighted by atomic mass is 16.7. The van der Waals surface area contributed by atoms with Crippen LogP contribution in [0.3, 0.4) is 0 Å². The second-order valence-electron chi connectivity index (χ2n) is 22.9. The summed E-state index contributed by atoms with van der Waals surface area (Å²) in [7, 11) is 0. The van der Waals surface area contributed by atoms with Gasteiger partial charge < -0.3 is 74.0 Å². The Morgan fingerprint density at radius 2 is 1.42 bits per heavy atom. The molecule has 0 amide bonds. The average Bonchev–Trinajstić information content (AvgIpc) is 3.27. The smallest absolute Gasteiger partial charge is 0.335 e. The van der Waals surface area contributed by atoms with Crippen molar-refractivity contribution in [3.05, 3.63) is 23.3 Å². The van der Waals surface area contributed by atoms with E-state index in [1.165, 1.54) is 13.8 Å². The van der Waals surface area contributed by atoms with Gasteiger partial charge in [-0.15, -0.1) is 0 Å². The number of allylic oxidation sites excluding steroid dienone is 3. The normalized spacial score (nSPS) is 48.3. The Morgan fingerprint density at radius 3 is 2.01 bits per heavy atom. The summed E-state index contributed by atoms with van der Waals surface area (Å²) in [6.07, 6.45) is -12.5. The van der Waals surface area contributed by atoms with Crippen LogP contribution in [0.25, 0.3) is 0 Å². The molecule has 7 rings (SSSR count). The van der Waals surface area contributed by atoms with Crippen LogP contribution in [-0.2, 0) is 52.3 Å². The first-order chi connectivity index (χ1) is 32.1. The van der Waals surface area contributed by atoms with E-state index in [0.29, 0.717) is 44.1 Å². The number of carbonyl (C=O) groups is 4. The molecular weight excluding hydrogens is 905 g/mol. The minimum atomic E-state index is -1.97. The number of ether oxygens (including phenoxy) is 7. The van der Waals surface area contributed by atoms with Crippen molar-refractivity contribution in [1.82, 2.24) is 0 Å². The fraction of sp³-hybridized carbons (Fsp3) is 0.840. The summed E-state index contributed by atoms with van der Waals surface area (Å²) < 4.78 is 42.1. The molecule has 0 aromatic heterocycles. The molecule has 2 aliphatic heterocycles. The van der Waals surface area contributed by atoms with E-state index in [1.54, 1.807) is 19.9 Å². The molecule has 8 N–H and O–H groups in total. The van der Waals surface area contributed by atoms with Crippen LogP contribution in [0, 0.1) is 50.2 Å². The molecule has 2 heterocycles. The number of esters is 3. The third-order valence-electron chi connectivity index (χ3n) is 18.8. The van der Waals surface area contributed by atoms with Crippen molar-refractivity contribution in [3.8, 4) is 0 Å². The molecule has 4 saturated carbocycles. The molecule has 21 unspecified atom stereocenters. The van der Waals surface area contributed by atoms with E-state index in [2.05, 4.69) is 26.8 Å². The summed E-state index contributed by atoms with van der Waals surface area (Å²) in [5.41, 5.74) is -3.37. The lowest BCUT2D eigenvalue weighted by molar-refractivity contribution is -0.358. The zero-order chi connectivity index (χ0) is 51.1. The maximum Gasteiger partial charge on any atom is 0.335 e. The molecule has 7 aliphatic rings. The predicted molar refractivity (Wildman–Crippen MR) is 240 cm³/mol. The van der Waals surface area contributed by atoms with Crippen molar-refractivity contribution in [2.75, 3.05) is 19.8 Å². The molecule has 19 nitrogen and oxygen atoms in total. The number of aliphatic hydroxyl groups excluding tert-OH is 7. The van der Waals surface area contributed by atoms with Crippen molar-refractivity contribution in [2.24, 2.45) is 50.2 Å². The van der Waals surface area contributed by atoms with Crippen LogP contribution in [0.2, 0.25) is 0 Å². The quantitative estimate of drug-likeness (QED) is 0.0483. The van der Waals surface area contributed by atoms with E-state index >= 15 is 0 Å². The minimum Gasteiger partial charge on any atom is -0.479 e. The van der Waals surface area contributed by atoms with Gasteiger partial charge >= 0.3 is 23.9 Å². The molecule has 5 aliphatic carbocycles. The zero-order valence-corrected chi connectivity index (χ0v) is 41.5. The Hall–Kier alpha value is -3.08. The molecule has 0 radical (unpaired) electrons. The Morgan fingerprint density at radius 1 is 0.754 bits per heavy atom. The van der Waals surface area contributed by atoms with Gasteiger partial charge in [0.1, 0.15) is 48.8 Å². The lowest BCUT2D eigenvalue weighted by atomic mass is 9.33. The average molecular weight is 981 g/mol. The number of aliphatic hydroxyl groups is 7. The fourth-order valence-corrected chi connectivity index (χ4v) is 14.8. The second kappa shape index (κ2) is 19.1. The van der Waals surface area contributed by atoms with E-state index < -0.39 is 155 Å². The van der Waals surface area contributed by atoms with Gasteiger partial charge in [-0.1, -0.05) is 59.3 Å². The van der Waals surface area contributed by atoms with E-state index in [0.717, 1.165) is 5.57 Å². The largest absolute Gasteiger partial charge is 0.479 e. The number of fused-ring (bicyclic) bond motifs is 7. The standard InChI is InChI=1S/C50H76O19/c1-11-23(2)42(62)69-40-39(65-25(4)54)45(5,6)18-27-26-12-13-30-46(7)16-15-31(66-44-36(59)37(35(58)38(68-44)41(60)61)67-43-34(57)33(56)28(55)20-63-43)47(8,21-51)29(46)14-17-48(30,9)49(26,10)19-32(64-24(3)53)50(27,40)22-52/h11-12,27-40,43-44,51-52,55-59H,13-22H2,1-10H3,(H,60,61). The molecule has 6 fully saturated rings. The summed E-state index contributed by atoms with van der Waals surface area (Å²) >= 11 is 0. The van der Waals surface area contributed by atoms with Gasteiger partial charge in [0.05, 0.1) is 31.3 Å². The van der Waals surface area contributed by atoms with Gasteiger partial charge in [-0.05, 0) is 92.8 Å². The highest BCUT2D eigenvalue weighted by Crippen LogP contribution is 2.76. The van der Waals surface area contributed by atoms with Gasteiger partial charge in [0.25, 0.3) is 0 Å². The highest BCUT2D eigenvalue weighted by Gasteiger charge is 2.75. The highest BCUT2D eigenvalue weighted by molar-refractivity contribution is 5.88. The lowest BCUT2D eigenvalue weighted by Gasteiger charge is -2.72. The zero-order valence-electron chi connectivity index (χ0n) is 41.5. The summed E-state index contributed by atoms with van der Waals surface area (Å²) in [6, 6.07) is 0. The van der Waals surface area contributed by atoms with Crippen LogP contribution in [0.5, 0.6) is 0 Å². The molecule has 19 heteroatoms. The van der Waals surface area contributed by atoms with Gasteiger partial charge in [0.15, 0.2) is 24.8 Å². The number of carboxylic acid groups (broad SMARTS) is 1. The molecule has 390 valence electrons. The number of carbonyl (C=O) groups excluding carboxylic acids is 3.